The second kappa shape index (κ2) is 5.66. The van der Waals surface area contributed by atoms with Crippen molar-refractivity contribution in [2.75, 3.05) is 11.9 Å². The van der Waals surface area contributed by atoms with E-state index < -0.39 is 0 Å². The standard InChI is InChI=1S/C14H15N5O2/c1-10-8-13(21-18-10)17-14(20)15-6-7-19-9-16-11-4-2-3-5-12(11)19/h2-5,8-9H,6-7H2,1H3,(H2,15,17,20). The summed E-state index contributed by atoms with van der Waals surface area (Å²) in [6.45, 7) is 2.92. The summed E-state index contributed by atoms with van der Waals surface area (Å²) in [5.41, 5.74) is 2.71. The molecule has 108 valence electrons. The third-order valence-corrected chi connectivity index (χ3v) is 3.03. The van der Waals surface area contributed by atoms with Crippen molar-refractivity contribution in [1.82, 2.24) is 20.0 Å². The Balaban J connectivity index is 1.53. The number of anilines is 1. The molecule has 7 heteroatoms. The molecule has 0 unspecified atom stereocenters. The van der Waals surface area contributed by atoms with Crippen molar-refractivity contribution in [1.29, 1.82) is 0 Å². The van der Waals surface area contributed by atoms with E-state index in [0.29, 0.717) is 19.0 Å². The van der Waals surface area contributed by atoms with Gasteiger partial charge in [0.2, 0.25) is 5.88 Å². The van der Waals surface area contributed by atoms with Gasteiger partial charge in [-0.25, -0.2) is 9.78 Å². The lowest BCUT2D eigenvalue weighted by Crippen LogP contribution is -2.31. The van der Waals surface area contributed by atoms with Crippen LogP contribution in [-0.2, 0) is 6.54 Å². The SMILES string of the molecule is Cc1cc(NC(=O)NCCn2cnc3ccccc32)on1. The molecule has 2 heterocycles. The normalized spacial score (nSPS) is 10.7. The van der Waals surface area contributed by atoms with Crippen LogP contribution in [0.2, 0.25) is 0 Å². The molecule has 0 aliphatic carbocycles. The van der Waals surface area contributed by atoms with Gasteiger partial charge in [-0.2, -0.15) is 0 Å². The minimum absolute atomic E-state index is 0.324. The number of para-hydroxylation sites is 2. The first-order valence-electron chi connectivity index (χ1n) is 6.60. The van der Waals surface area contributed by atoms with E-state index in [0.717, 1.165) is 16.7 Å². The summed E-state index contributed by atoms with van der Waals surface area (Å²) in [4.78, 5) is 16.0. The van der Waals surface area contributed by atoms with E-state index >= 15 is 0 Å². The fourth-order valence-corrected chi connectivity index (χ4v) is 2.06. The number of amides is 2. The molecule has 0 aliphatic heterocycles. The number of carbonyl (C=O) groups excluding carboxylic acids is 1. The molecule has 0 aliphatic rings. The van der Waals surface area contributed by atoms with Crippen molar-refractivity contribution < 1.29 is 9.32 Å². The molecule has 0 radical (unpaired) electrons. The van der Waals surface area contributed by atoms with Gasteiger partial charge in [-0.1, -0.05) is 17.3 Å². The Bertz CT molecular complexity index is 761. The monoisotopic (exact) mass is 285 g/mol. The molecule has 1 aromatic carbocycles. The van der Waals surface area contributed by atoms with E-state index in [1.807, 2.05) is 28.8 Å². The quantitative estimate of drug-likeness (QED) is 0.769. The number of rotatable bonds is 4. The number of nitrogens with zero attached hydrogens (tertiary/aromatic N) is 3. The molecular weight excluding hydrogens is 270 g/mol. The maximum absolute atomic E-state index is 11.7. The predicted molar refractivity (Wildman–Crippen MR) is 78.0 cm³/mol. The minimum atomic E-state index is -0.324. The van der Waals surface area contributed by atoms with Crippen LogP contribution in [0.5, 0.6) is 0 Å². The van der Waals surface area contributed by atoms with Crippen LogP contribution in [0.3, 0.4) is 0 Å². The van der Waals surface area contributed by atoms with Gasteiger partial charge in [0.05, 0.1) is 23.1 Å². The van der Waals surface area contributed by atoms with E-state index in [1.165, 1.54) is 0 Å². The highest BCUT2D eigenvalue weighted by atomic mass is 16.5. The largest absolute Gasteiger partial charge is 0.338 e. The van der Waals surface area contributed by atoms with Gasteiger partial charge in [0.15, 0.2) is 0 Å². The third-order valence-electron chi connectivity index (χ3n) is 3.03. The molecule has 2 N–H and O–H groups in total. The number of hydrogen-bond acceptors (Lipinski definition) is 4. The number of hydrogen-bond donors (Lipinski definition) is 2. The molecule has 7 nitrogen and oxygen atoms in total. The lowest BCUT2D eigenvalue weighted by atomic mass is 10.3. The van der Waals surface area contributed by atoms with Crippen LogP contribution in [0.1, 0.15) is 5.69 Å². The van der Waals surface area contributed by atoms with Crippen LogP contribution < -0.4 is 10.6 Å². The maximum atomic E-state index is 11.7. The van der Waals surface area contributed by atoms with Crippen molar-refractivity contribution >= 4 is 22.9 Å². The topological polar surface area (TPSA) is 85.0 Å². The summed E-state index contributed by atoms with van der Waals surface area (Å²) in [6, 6.07) is 9.20. The molecule has 0 saturated heterocycles. The summed E-state index contributed by atoms with van der Waals surface area (Å²) < 4.78 is 6.90. The first-order chi connectivity index (χ1) is 10.2. The number of benzene rings is 1. The number of urea groups is 1. The number of aryl methyl sites for hydroxylation is 1. The molecule has 0 atom stereocenters. The summed E-state index contributed by atoms with van der Waals surface area (Å²) in [5.74, 6) is 0.332. The molecule has 21 heavy (non-hydrogen) atoms. The fraction of sp³-hybridized carbons (Fsp3) is 0.214. The number of nitrogens with one attached hydrogen (secondary N) is 2. The highest BCUT2D eigenvalue weighted by Gasteiger charge is 2.06. The second-order valence-corrected chi connectivity index (χ2v) is 4.64. The molecule has 2 aromatic heterocycles. The third kappa shape index (κ3) is 3.02. The Morgan fingerprint density at radius 3 is 3.05 bits per heavy atom. The molecule has 3 rings (SSSR count). The summed E-state index contributed by atoms with van der Waals surface area (Å²) in [6.07, 6.45) is 1.77. The average molecular weight is 285 g/mol. The van der Waals surface area contributed by atoms with Crippen LogP contribution in [0.4, 0.5) is 10.7 Å². The maximum Gasteiger partial charge on any atom is 0.321 e. The van der Waals surface area contributed by atoms with E-state index in [-0.39, 0.29) is 6.03 Å². The van der Waals surface area contributed by atoms with Crippen molar-refractivity contribution in [2.24, 2.45) is 0 Å². The number of aromatic nitrogens is 3. The predicted octanol–water partition coefficient (Wildman–Crippen LogP) is 2.15. The molecule has 2 amide bonds. The number of imidazole rings is 1. The van der Waals surface area contributed by atoms with E-state index in [9.17, 15) is 4.79 Å². The molecule has 0 saturated carbocycles. The first-order valence-corrected chi connectivity index (χ1v) is 6.60. The van der Waals surface area contributed by atoms with Gasteiger partial charge in [-0.15, -0.1) is 0 Å². The summed E-state index contributed by atoms with van der Waals surface area (Å²) in [7, 11) is 0. The molecule has 3 aromatic rings. The Morgan fingerprint density at radius 2 is 2.24 bits per heavy atom. The summed E-state index contributed by atoms with van der Waals surface area (Å²) >= 11 is 0. The Morgan fingerprint density at radius 1 is 1.38 bits per heavy atom. The smallest absolute Gasteiger partial charge is 0.321 e. The van der Waals surface area contributed by atoms with Crippen molar-refractivity contribution in [3.8, 4) is 0 Å². The molecule has 0 fully saturated rings. The molecule has 0 bridgehead atoms. The van der Waals surface area contributed by atoms with Crippen molar-refractivity contribution in [2.45, 2.75) is 13.5 Å². The van der Waals surface area contributed by atoms with Gasteiger partial charge in [-0.05, 0) is 19.1 Å². The van der Waals surface area contributed by atoms with E-state index in [1.54, 1.807) is 19.3 Å². The zero-order chi connectivity index (χ0) is 14.7. The van der Waals surface area contributed by atoms with Gasteiger partial charge >= 0.3 is 6.03 Å². The zero-order valence-electron chi connectivity index (χ0n) is 11.5. The van der Waals surface area contributed by atoms with Gasteiger partial charge in [0.1, 0.15) is 0 Å². The fourth-order valence-electron chi connectivity index (χ4n) is 2.06. The molecule has 0 spiro atoms. The van der Waals surface area contributed by atoms with Gasteiger partial charge in [0, 0.05) is 19.2 Å². The minimum Gasteiger partial charge on any atom is -0.338 e. The highest BCUT2D eigenvalue weighted by Crippen LogP contribution is 2.11. The van der Waals surface area contributed by atoms with Gasteiger partial charge < -0.3 is 14.4 Å². The Kier molecular flexibility index (Phi) is 3.55. The van der Waals surface area contributed by atoms with Crippen molar-refractivity contribution in [3.63, 3.8) is 0 Å². The number of fused-ring (bicyclic) bond motifs is 1. The van der Waals surface area contributed by atoms with Crippen molar-refractivity contribution in [3.05, 3.63) is 42.4 Å². The van der Waals surface area contributed by atoms with Crippen LogP contribution in [-0.4, -0.2) is 27.3 Å². The van der Waals surface area contributed by atoms with Crippen LogP contribution in [0.15, 0.2) is 41.2 Å². The Labute approximate surface area is 120 Å². The zero-order valence-corrected chi connectivity index (χ0v) is 11.5. The summed E-state index contributed by atoms with van der Waals surface area (Å²) in [5, 5.41) is 9.03. The van der Waals surface area contributed by atoms with Crippen LogP contribution in [0, 0.1) is 6.92 Å². The lowest BCUT2D eigenvalue weighted by Gasteiger charge is -2.06. The van der Waals surface area contributed by atoms with Crippen LogP contribution in [0.25, 0.3) is 11.0 Å². The van der Waals surface area contributed by atoms with E-state index in [2.05, 4.69) is 20.8 Å². The number of carbonyl (C=O) groups is 1. The van der Waals surface area contributed by atoms with Gasteiger partial charge in [-0.3, -0.25) is 5.32 Å². The van der Waals surface area contributed by atoms with Crippen LogP contribution >= 0.6 is 0 Å². The first kappa shape index (κ1) is 13.2. The Hall–Kier alpha value is -2.83. The van der Waals surface area contributed by atoms with E-state index in [4.69, 9.17) is 4.52 Å². The van der Waals surface area contributed by atoms with Gasteiger partial charge in [0.25, 0.3) is 0 Å². The average Bonchev–Trinajstić information content (AvgIpc) is 3.06. The highest BCUT2D eigenvalue weighted by molar-refractivity contribution is 5.87. The molecular formula is C14H15N5O2. The second-order valence-electron chi connectivity index (χ2n) is 4.64. The lowest BCUT2D eigenvalue weighted by molar-refractivity contribution is 0.251.